The van der Waals surface area contributed by atoms with Crippen molar-refractivity contribution >= 4 is 33.6 Å². The number of hydrogen-bond donors (Lipinski definition) is 0. The van der Waals surface area contributed by atoms with Crippen LogP contribution in [0.15, 0.2) is 35.3 Å². The molecule has 58 valence electrons. The van der Waals surface area contributed by atoms with Crippen LogP contribution >= 0.6 is 23.4 Å². The van der Waals surface area contributed by atoms with Crippen molar-refractivity contribution in [3.8, 4) is 0 Å². The lowest BCUT2D eigenvalue weighted by atomic mass is 10.3. The van der Waals surface area contributed by atoms with Gasteiger partial charge in [0.15, 0.2) is 4.50 Å². The molecule has 0 atom stereocenters. The maximum Gasteiger partial charge on any atom is 0.162 e. The Morgan fingerprint density at radius 1 is 1.36 bits per heavy atom. The SMILES string of the molecule is CSC(Cl)=Nc1ccccc1. The fourth-order valence-electron chi connectivity index (χ4n) is 0.650. The van der Waals surface area contributed by atoms with Crippen molar-refractivity contribution < 1.29 is 0 Å². The maximum absolute atomic E-state index is 5.71. The lowest BCUT2D eigenvalue weighted by molar-refractivity contribution is 1.55. The number of aliphatic imine (C=N–C) groups is 1. The number of rotatable bonds is 1. The molecule has 0 saturated carbocycles. The zero-order valence-corrected chi connectivity index (χ0v) is 7.69. The van der Waals surface area contributed by atoms with E-state index >= 15 is 0 Å². The van der Waals surface area contributed by atoms with Gasteiger partial charge in [-0.1, -0.05) is 41.6 Å². The van der Waals surface area contributed by atoms with Gasteiger partial charge in [-0.2, -0.15) is 0 Å². The summed E-state index contributed by atoms with van der Waals surface area (Å²) in [6.45, 7) is 0. The van der Waals surface area contributed by atoms with Crippen LogP contribution in [-0.4, -0.2) is 10.8 Å². The Bertz CT molecular complexity index is 246. The van der Waals surface area contributed by atoms with Crippen molar-refractivity contribution in [3.05, 3.63) is 30.3 Å². The summed E-state index contributed by atoms with van der Waals surface area (Å²) in [5.41, 5.74) is 0.895. The summed E-state index contributed by atoms with van der Waals surface area (Å²) in [5, 5.41) is 0. The molecule has 0 bridgehead atoms. The van der Waals surface area contributed by atoms with E-state index in [9.17, 15) is 0 Å². The zero-order valence-electron chi connectivity index (χ0n) is 6.12. The molecule has 11 heavy (non-hydrogen) atoms. The fourth-order valence-corrected chi connectivity index (χ4v) is 0.944. The summed E-state index contributed by atoms with van der Waals surface area (Å²) in [6, 6.07) is 9.65. The quantitative estimate of drug-likeness (QED) is 0.483. The van der Waals surface area contributed by atoms with Crippen molar-refractivity contribution in [2.45, 2.75) is 0 Å². The Morgan fingerprint density at radius 2 is 2.00 bits per heavy atom. The predicted octanol–water partition coefficient (Wildman–Crippen LogP) is 3.28. The highest BCUT2D eigenvalue weighted by molar-refractivity contribution is 8.16. The van der Waals surface area contributed by atoms with E-state index in [-0.39, 0.29) is 0 Å². The molecule has 1 nitrogen and oxygen atoms in total. The van der Waals surface area contributed by atoms with Crippen LogP contribution in [-0.2, 0) is 0 Å². The summed E-state index contributed by atoms with van der Waals surface area (Å²) >= 11 is 7.15. The van der Waals surface area contributed by atoms with Gasteiger partial charge in [-0.25, -0.2) is 4.99 Å². The second-order valence-corrected chi connectivity index (χ2v) is 3.28. The van der Waals surface area contributed by atoms with E-state index in [1.165, 1.54) is 11.8 Å². The topological polar surface area (TPSA) is 12.4 Å². The molecule has 0 fully saturated rings. The normalized spacial score (nSPS) is 11.6. The minimum absolute atomic E-state index is 0.566. The molecule has 0 aromatic heterocycles. The molecule has 0 aliphatic rings. The van der Waals surface area contributed by atoms with Gasteiger partial charge in [0.2, 0.25) is 0 Å². The molecule has 1 aromatic carbocycles. The number of hydrogen-bond acceptors (Lipinski definition) is 2. The van der Waals surface area contributed by atoms with Crippen molar-refractivity contribution in [1.82, 2.24) is 0 Å². The van der Waals surface area contributed by atoms with Crippen molar-refractivity contribution in [2.75, 3.05) is 6.26 Å². The van der Waals surface area contributed by atoms with Crippen LogP contribution < -0.4 is 0 Å². The monoisotopic (exact) mass is 185 g/mol. The first-order valence-corrected chi connectivity index (χ1v) is 4.76. The minimum Gasteiger partial charge on any atom is -0.230 e. The van der Waals surface area contributed by atoms with Gasteiger partial charge in [0, 0.05) is 0 Å². The van der Waals surface area contributed by atoms with Gasteiger partial charge in [0.1, 0.15) is 0 Å². The molecule has 0 heterocycles. The zero-order chi connectivity index (χ0) is 8.10. The van der Waals surface area contributed by atoms with Crippen LogP contribution in [0.25, 0.3) is 0 Å². The highest BCUT2D eigenvalue weighted by Gasteiger charge is 1.89. The highest BCUT2D eigenvalue weighted by atomic mass is 35.5. The van der Waals surface area contributed by atoms with E-state index in [1.807, 2.05) is 36.6 Å². The van der Waals surface area contributed by atoms with Crippen LogP contribution in [0.1, 0.15) is 0 Å². The molecule has 0 saturated heterocycles. The van der Waals surface area contributed by atoms with Crippen molar-refractivity contribution in [1.29, 1.82) is 0 Å². The second kappa shape index (κ2) is 4.42. The Kier molecular flexibility index (Phi) is 3.46. The first kappa shape index (κ1) is 8.62. The number of benzene rings is 1. The van der Waals surface area contributed by atoms with Gasteiger partial charge in [-0.3, -0.25) is 0 Å². The van der Waals surface area contributed by atoms with Gasteiger partial charge in [0.25, 0.3) is 0 Å². The molecule has 0 N–H and O–H groups in total. The molecule has 1 rings (SSSR count). The Morgan fingerprint density at radius 3 is 2.55 bits per heavy atom. The maximum atomic E-state index is 5.71. The van der Waals surface area contributed by atoms with Crippen LogP contribution in [0.4, 0.5) is 5.69 Å². The molecular formula is C8H8ClNS. The average molecular weight is 186 g/mol. The Hall–Kier alpha value is -0.470. The first-order chi connectivity index (χ1) is 5.33. The molecule has 0 unspecified atom stereocenters. The number of para-hydroxylation sites is 1. The molecule has 0 radical (unpaired) electrons. The van der Waals surface area contributed by atoms with E-state index < -0.39 is 0 Å². The molecular weight excluding hydrogens is 178 g/mol. The summed E-state index contributed by atoms with van der Waals surface area (Å²) in [6.07, 6.45) is 1.90. The van der Waals surface area contributed by atoms with Gasteiger partial charge >= 0.3 is 0 Å². The van der Waals surface area contributed by atoms with E-state index in [2.05, 4.69) is 4.99 Å². The number of halogens is 1. The van der Waals surface area contributed by atoms with Crippen LogP contribution in [0, 0.1) is 0 Å². The van der Waals surface area contributed by atoms with Gasteiger partial charge in [-0.15, -0.1) is 0 Å². The van der Waals surface area contributed by atoms with E-state index in [0.29, 0.717) is 4.50 Å². The molecule has 0 aliphatic heterocycles. The molecule has 0 amide bonds. The molecule has 1 aromatic rings. The Labute approximate surface area is 75.5 Å². The molecule has 0 spiro atoms. The van der Waals surface area contributed by atoms with E-state index in [4.69, 9.17) is 11.6 Å². The standard InChI is InChI=1S/C8H8ClNS/c1-11-8(9)10-7-5-3-2-4-6-7/h2-6H,1H3. The highest BCUT2D eigenvalue weighted by Crippen LogP contribution is 2.14. The molecule has 3 heteroatoms. The Balaban J connectivity index is 2.79. The minimum atomic E-state index is 0.566. The van der Waals surface area contributed by atoms with Crippen molar-refractivity contribution in [2.24, 2.45) is 4.99 Å². The lowest BCUT2D eigenvalue weighted by Crippen LogP contribution is -1.73. The summed E-state index contributed by atoms with van der Waals surface area (Å²) in [5.74, 6) is 0. The smallest absolute Gasteiger partial charge is 0.162 e. The van der Waals surface area contributed by atoms with Gasteiger partial charge < -0.3 is 0 Å². The third-order valence-corrected chi connectivity index (χ3v) is 2.12. The van der Waals surface area contributed by atoms with Crippen LogP contribution in [0.2, 0.25) is 0 Å². The predicted molar refractivity (Wildman–Crippen MR) is 52.9 cm³/mol. The lowest BCUT2D eigenvalue weighted by Gasteiger charge is -1.92. The third-order valence-electron chi connectivity index (χ3n) is 1.14. The second-order valence-electron chi connectivity index (χ2n) is 1.90. The van der Waals surface area contributed by atoms with E-state index in [0.717, 1.165) is 5.69 Å². The van der Waals surface area contributed by atoms with Crippen LogP contribution in [0.3, 0.4) is 0 Å². The average Bonchev–Trinajstić information content (AvgIpc) is 2.06. The summed E-state index contributed by atoms with van der Waals surface area (Å²) in [4.78, 5) is 4.12. The van der Waals surface area contributed by atoms with E-state index in [1.54, 1.807) is 0 Å². The fraction of sp³-hybridized carbons (Fsp3) is 0.125. The third kappa shape index (κ3) is 2.95. The molecule has 0 aliphatic carbocycles. The van der Waals surface area contributed by atoms with Crippen molar-refractivity contribution in [3.63, 3.8) is 0 Å². The first-order valence-electron chi connectivity index (χ1n) is 3.16. The summed E-state index contributed by atoms with van der Waals surface area (Å²) in [7, 11) is 0. The number of thioether (sulfide) groups is 1. The summed E-state index contributed by atoms with van der Waals surface area (Å²) < 4.78 is 0.566. The van der Waals surface area contributed by atoms with Gasteiger partial charge in [-0.05, 0) is 18.4 Å². The number of nitrogens with zero attached hydrogens (tertiary/aromatic N) is 1. The largest absolute Gasteiger partial charge is 0.230 e. The van der Waals surface area contributed by atoms with Crippen LogP contribution in [0.5, 0.6) is 0 Å². The van der Waals surface area contributed by atoms with Gasteiger partial charge in [0.05, 0.1) is 5.69 Å².